The first-order chi connectivity index (χ1) is 23.1. The summed E-state index contributed by atoms with van der Waals surface area (Å²) in [5, 5.41) is 3.11. The molecule has 270 valence electrons. The maximum Gasteiger partial charge on any atom is 0.433 e. The number of carbonyl (C=O) groups is 1. The molecule has 6 rings (SSSR count). The summed E-state index contributed by atoms with van der Waals surface area (Å²) >= 11 is 0. The molecule has 1 aromatic carbocycles. The Morgan fingerprint density at radius 1 is 0.918 bits per heavy atom. The van der Waals surface area contributed by atoms with Crippen LogP contribution in [0.4, 0.5) is 24.7 Å². The van der Waals surface area contributed by atoms with Gasteiger partial charge in [0.15, 0.2) is 5.79 Å². The summed E-state index contributed by atoms with van der Waals surface area (Å²) in [6.45, 7) is 17.2. The van der Waals surface area contributed by atoms with Gasteiger partial charge < -0.3 is 34.1 Å². The van der Waals surface area contributed by atoms with Crippen molar-refractivity contribution in [2.75, 3.05) is 69.2 Å². The van der Waals surface area contributed by atoms with Crippen LogP contribution < -0.4 is 10.2 Å². The van der Waals surface area contributed by atoms with Gasteiger partial charge in [0.1, 0.15) is 29.3 Å². The average molecular weight is 690 g/mol. The van der Waals surface area contributed by atoms with Crippen molar-refractivity contribution in [3.63, 3.8) is 0 Å². The topological polar surface area (TPSA) is 88.6 Å². The number of piperidine rings is 1. The Hall–Kier alpha value is -2.97. The highest BCUT2D eigenvalue weighted by atomic mass is 19.4. The molecule has 4 aliphatic heterocycles. The zero-order valence-electron chi connectivity index (χ0n) is 29.2. The van der Waals surface area contributed by atoms with Gasteiger partial charge in [-0.1, -0.05) is 6.07 Å². The van der Waals surface area contributed by atoms with E-state index in [1.165, 1.54) is 12.1 Å². The van der Waals surface area contributed by atoms with Crippen molar-refractivity contribution < 1.29 is 36.9 Å². The minimum atomic E-state index is -4.52. The lowest BCUT2D eigenvalue weighted by atomic mass is 9.95. The molecule has 0 saturated carbocycles. The van der Waals surface area contributed by atoms with Gasteiger partial charge in [0, 0.05) is 58.0 Å². The highest BCUT2D eigenvalue weighted by Gasteiger charge is 2.52. The first kappa shape index (κ1) is 35.8. The van der Waals surface area contributed by atoms with Crippen molar-refractivity contribution in [2.24, 2.45) is 5.92 Å². The molecule has 4 saturated heterocycles. The molecule has 4 atom stereocenters. The summed E-state index contributed by atoms with van der Waals surface area (Å²) in [6, 6.07) is 11.2. The molecule has 13 heteroatoms. The number of benzene rings is 1. The van der Waals surface area contributed by atoms with E-state index < -0.39 is 29.3 Å². The summed E-state index contributed by atoms with van der Waals surface area (Å²) in [4.78, 5) is 23.5. The maximum absolute atomic E-state index is 13.2. The standard InChI is InChI=1S/C36H50F3N5O5/c1-34(2,3)49-33(45)25-9-11-26(12-10-25)44-15-13-24(14-16-44)21-42-17-19-43(20-18-42)22-28-32-31(47-35(4,5)48-32)27(23-46-28)40-30-8-6-7-29(41-30)36(37,38)39/h6-12,24,27-28,31-32H,13-23H2,1-5H3,(H,40,41)/t27-,28+,31+,32-/m0/s1. The molecule has 0 radical (unpaired) electrons. The third-order valence-electron chi connectivity index (χ3n) is 9.69. The molecular formula is C36H50F3N5O5. The Kier molecular flexibility index (Phi) is 10.5. The van der Waals surface area contributed by atoms with Crippen molar-refractivity contribution in [1.29, 1.82) is 0 Å². The van der Waals surface area contributed by atoms with Gasteiger partial charge in [-0.05, 0) is 89.8 Å². The van der Waals surface area contributed by atoms with E-state index in [-0.39, 0.29) is 36.7 Å². The van der Waals surface area contributed by atoms with Gasteiger partial charge in [-0.2, -0.15) is 13.2 Å². The largest absolute Gasteiger partial charge is 0.456 e. The van der Waals surface area contributed by atoms with E-state index in [0.29, 0.717) is 18.0 Å². The number of aromatic nitrogens is 1. The number of halogens is 3. The van der Waals surface area contributed by atoms with Crippen molar-refractivity contribution >= 4 is 17.5 Å². The van der Waals surface area contributed by atoms with Crippen LogP contribution in [-0.4, -0.2) is 115 Å². The normalized spacial score (nSPS) is 27.1. The number of carbonyl (C=O) groups excluding carboxylic acids is 1. The summed E-state index contributed by atoms with van der Waals surface area (Å²) in [7, 11) is 0. The molecule has 4 fully saturated rings. The summed E-state index contributed by atoms with van der Waals surface area (Å²) < 4.78 is 64.0. The summed E-state index contributed by atoms with van der Waals surface area (Å²) in [6.07, 6.45) is -3.22. The quantitative estimate of drug-likeness (QED) is 0.369. The van der Waals surface area contributed by atoms with Crippen molar-refractivity contribution in [3.05, 3.63) is 53.7 Å². The fourth-order valence-corrected chi connectivity index (χ4v) is 7.27. The smallest absolute Gasteiger partial charge is 0.433 e. The van der Waals surface area contributed by atoms with Crippen molar-refractivity contribution in [3.8, 4) is 0 Å². The number of hydrogen-bond acceptors (Lipinski definition) is 10. The molecule has 1 N–H and O–H groups in total. The molecular weight excluding hydrogens is 639 g/mol. The van der Waals surface area contributed by atoms with E-state index in [9.17, 15) is 18.0 Å². The fourth-order valence-electron chi connectivity index (χ4n) is 7.27. The lowest BCUT2D eigenvalue weighted by Gasteiger charge is -2.42. The van der Waals surface area contributed by atoms with Crippen LogP contribution in [0.5, 0.6) is 0 Å². The Balaban J connectivity index is 0.947. The number of alkyl halides is 3. The van der Waals surface area contributed by atoms with Crippen LogP contribution in [0.2, 0.25) is 0 Å². The molecule has 1 aromatic heterocycles. The summed E-state index contributed by atoms with van der Waals surface area (Å²) in [5.74, 6) is -0.354. The Labute approximate surface area is 287 Å². The van der Waals surface area contributed by atoms with Gasteiger partial charge in [-0.3, -0.25) is 4.90 Å². The number of fused-ring (bicyclic) bond motifs is 1. The summed E-state index contributed by atoms with van der Waals surface area (Å²) in [5.41, 5.74) is 0.253. The molecule has 0 bridgehead atoms. The third-order valence-corrected chi connectivity index (χ3v) is 9.69. The first-order valence-electron chi connectivity index (χ1n) is 17.4. The number of esters is 1. The van der Waals surface area contributed by atoms with E-state index in [2.05, 4.69) is 25.0 Å². The zero-order chi connectivity index (χ0) is 35.0. The van der Waals surface area contributed by atoms with Gasteiger partial charge in [-0.25, -0.2) is 9.78 Å². The van der Waals surface area contributed by atoms with Crippen LogP contribution >= 0.6 is 0 Å². The van der Waals surface area contributed by atoms with Crippen molar-refractivity contribution in [1.82, 2.24) is 14.8 Å². The molecule has 0 unspecified atom stereocenters. The molecule has 0 spiro atoms. The number of hydrogen-bond donors (Lipinski definition) is 1. The van der Waals surface area contributed by atoms with Gasteiger partial charge in [0.05, 0.1) is 24.3 Å². The Bertz CT molecular complexity index is 1420. The SMILES string of the molecule is CC(C)(C)OC(=O)c1ccc(N2CCC(CN3CCN(C[C@H]4OC[C@H](Nc5cccc(C(F)(F)F)n5)[C@H]5OC(C)(C)O[C@H]54)CC3)CC2)cc1. The molecule has 2 aromatic rings. The number of pyridine rings is 1. The first-order valence-corrected chi connectivity index (χ1v) is 17.4. The van der Waals surface area contributed by atoms with E-state index in [1.54, 1.807) is 0 Å². The molecule has 0 aliphatic carbocycles. The second kappa shape index (κ2) is 14.3. The predicted molar refractivity (Wildman–Crippen MR) is 180 cm³/mol. The maximum atomic E-state index is 13.2. The number of ether oxygens (including phenoxy) is 4. The lowest BCUT2D eigenvalue weighted by molar-refractivity contribution is -0.156. The van der Waals surface area contributed by atoms with Gasteiger partial charge in [-0.15, -0.1) is 0 Å². The number of piperazine rings is 1. The van der Waals surface area contributed by atoms with E-state index in [1.807, 2.05) is 58.9 Å². The Morgan fingerprint density at radius 3 is 2.18 bits per heavy atom. The number of nitrogens with zero attached hydrogens (tertiary/aromatic N) is 4. The number of anilines is 2. The predicted octanol–water partition coefficient (Wildman–Crippen LogP) is 5.29. The zero-order valence-corrected chi connectivity index (χ0v) is 29.2. The highest BCUT2D eigenvalue weighted by Crippen LogP contribution is 2.37. The lowest BCUT2D eigenvalue weighted by Crippen LogP contribution is -2.58. The highest BCUT2D eigenvalue weighted by molar-refractivity contribution is 5.90. The number of rotatable bonds is 8. The molecule has 4 aliphatic rings. The minimum absolute atomic E-state index is 0.129. The van der Waals surface area contributed by atoms with Crippen LogP contribution in [0.3, 0.4) is 0 Å². The third kappa shape index (κ3) is 9.23. The van der Waals surface area contributed by atoms with E-state index in [4.69, 9.17) is 18.9 Å². The second-order valence-electron chi connectivity index (χ2n) is 15.2. The Morgan fingerprint density at radius 2 is 1.55 bits per heavy atom. The van der Waals surface area contributed by atoms with Gasteiger partial charge in [0.25, 0.3) is 0 Å². The van der Waals surface area contributed by atoms with Crippen LogP contribution in [0.15, 0.2) is 42.5 Å². The van der Waals surface area contributed by atoms with E-state index >= 15 is 0 Å². The van der Waals surface area contributed by atoms with E-state index in [0.717, 1.165) is 70.4 Å². The molecule has 5 heterocycles. The second-order valence-corrected chi connectivity index (χ2v) is 15.2. The molecule has 0 amide bonds. The van der Waals surface area contributed by atoms with Crippen LogP contribution in [-0.2, 0) is 25.1 Å². The van der Waals surface area contributed by atoms with Crippen LogP contribution in [0.25, 0.3) is 0 Å². The minimum Gasteiger partial charge on any atom is -0.456 e. The van der Waals surface area contributed by atoms with Gasteiger partial charge >= 0.3 is 12.1 Å². The van der Waals surface area contributed by atoms with Crippen molar-refractivity contribution in [2.45, 2.75) is 89.4 Å². The molecule has 10 nitrogen and oxygen atoms in total. The fraction of sp³-hybridized carbons (Fsp3) is 0.667. The molecule has 49 heavy (non-hydrogen) atoms. The number of nitrogens with one attached hydrogen (secondary N) is 1. The van der Waals surface area contributed by atoms with Crippen LogP contribution in [0.1, 0.15) is 63.5 Å². The van der Waals surface area contributed by atoms with Crippen LogP contribution in [0, 0.1) is 5.92 Å². The van der Waals surface area contributed by atoms with Gasteiger partial charge in [0.2, 0.25) is 0 Å². The average Bonchev–Trinajstić information content (AvgIpc) is 3.38. The monoisotopic (exact) mass is 689 g/mol.